The highest BCUT2D eigenvalue weighted by atomic mass is 16.5. The van der Waals surface area contributed by atoms with Crippen LogP contribution in [0.15, 0.2) is 0 Å². The topological polar surface area (TPSA) is 38.3 Å². The van der Waals surface area contributed by atoms with E-state index >= 15 is 0 Å². The van der Waals surface area contributed by atoms with E-state index in [2.05, 4.69) is 12.2 Å². The molecule has 0 saturated carbocycles. The van der Waals surface area contributed by atoms with E-state index in [1.54, 1.807) is 0 Å². The zero-order valence-electron chi connectivity index (χ0n) is 11.8. The molecule has 0 aliphatic carbocycles. The van der Waals surface area contributed by atoms with Crippen LogP contribution in [0.3, 0.4) is 0 Å². The number of unbranched alkanes of at least 4 members (excludes halogenated alkanes) is 6. The van der Waals surface area contributed by atoms with Crippen molar-refractivity contribution in [1.82, 2.24) is 5.32 Å². The van der Waals surface area contributed by atoms with Crippen LogP contribution in [0.5, 0.6) is 0 Å². The van der Waals surface area contributed by atoms with E-state index < -0.39 is 0 Å². The fourth-order valence-electron chi connectivity index (χ4n) is 1.75. The van der Waals surface area contributed by atoms with Gasteiger partial charge in [0, 0.05) is 0 Å². The van der Waals surface area contributed by atoms with Crippen LogP contribution in [0.1, 0.15) is 65.7 Å². The molecule has 17 heavy (non-hydrogen) atoms. The summed E-state index contributed by atoms with van der Waals surface area (Å²) in [6.45, 7) is 7.30. The number of ether oxygens (including phenoxy) is 1. The van der Waals surface area contributed by atoms with Gasteiger partial charge in [-0.2, -0.15) is 0 Å². The van der Waals surface area contributed by atoms with Crippen molar-refractivity contribution in [2.45, 2.75) is 71.8 Å². The van der Waals surface area contributed by atoms with E-state index in [0.717, 1.165) is 13.0 Å². The Kier molecular flexibility index (Phi) is 11.5. The van der Waals surface area contributed by atoms with Crippen molar-refractivity contribution < 1.29 is 9.53 Å². The van der Waals surface area contributed by atoms with Gasteiger partial charge in [0.2, 0.25) is 0 Å². The quantitative estimate of drug-likeness (QED) is 0.447. The van der Waals surface area contributed by atoms with Gasteiger partial charge in [-0.25, -0.2) is 0 Å². The van der Waals surface area contributed by atoms with Crippen molar-refractivity contribution in [1.29, 1.82) is 0 Å². The lowest BCUT2D eigenvalue weighted by Gasteiger charge is -2.12. The van der Waals surface area contributed by atoms with Crippen LogP contribution in [0.2, 0.25) is 0 Å². The van der Waals surface area contributed by atoms with Crippen molar-refractivity contribution in [3.63, 3.8) is 0 Å². The third kappa shape index (κ3) is 10.3. The minimum atomic E-state index is -0.171. The second-order valence-corrected chi connectivity index (χ2v) is 4.55. The number of carbonyl (C=O) groups excluding carboxylic acids is 1. The molecule has 1 N–H and O–H groups in total. The first kappa shape index (κ1) is 16.4. The maximum atomic E-state index is 11.3. The normalized spacial score (nSPS) is 12.4. The highest BCUT2D eigenvalue weighted by molar-refractivity contribution is 5.75. The molecule has 0 aliphatic heterocycles. The molecule has 3 heteroatoms. The largest absolute Gasteiger partial charge is 0.465 e. The molecule has 0 heterocycles. The summed E-state index contributed by atoms with van der Waals surface area (Å²) in [6.07, 6.45) is 9.10. The van der Waals surface area contributed by atoms with Crippen molar-refractivity contribution in [3.05, 3.63) is 0 Å². The second kappa shape index (κ2) is 11.9. The van der Waals surface area contributed by atoms with Gasteiger partial charge in [-0.1, -0.05) is 45.4 Å². The first-order valence-electron chi connectivity index (χ1n) is 7.12. The predicted molar refractivity (Wildman–Crippen MR) is 72.1 cm³/mol. The molecular formula is C14H29NO2. The lowest BCUT2D eigenvalue weighted by Crippen LogP contribution is -2.35. The minimum Gasteiger partial charge on any atom is -0.465 e. The second-order valence-electron chi connectivity index (χ2n) is 4.55. The molecule has 3 nitrogen and oxygen atoms in total. The van der Waals surface area contributed by atoms with Crippen molar-refractivity contribution in [2.75, 3.05) is 13.2 Å². The molecule has 0 aliphatic rings. The van der Waals surface area contributed by atoms with Gasteiger partial charge in [-0.05, 0) is 26.8 Å². The molecule has 1 atom stereocenters. The van der Waals surface area contributed by atoms with Crippen LogP contribution in [0.25, 0.3) is 0 Å². The van der Waals surface area contributed by atoms with E-state index in [4.69, 9.17) is 4.74 Å². The van der Waals surface area contributed by atoms with Gasteiger partial charge in [0.1, 0.15) is 6.04 Å². The molecule has 0 rings (SSSR count). The number of hydrogen-bond acceptors (Lipinski definition) is 3. The molecule has 0 spiro atoms. The highest BCUT2D eigenvalue weighted by Gasteiger charge is 2.11. The van der Waals surface area contributed by atoms with Gasteiger partial charge in [0.15, 0.2) is 0 Å². The Morgan fingerprint density at radius 2 is 1.65 bits per heavy atom. The summed E-state index contributed by atoms with van der Waals surface area (Å²) in [4.78, 5) is 11.3. The average Bonchev–Trinajstić information content (AvgIpc) is 2.32. The predicted octanol–water partition coefficient (Wildman–Crippen LogP) is 3.28. The van der Waals surface area contributed by atoms with Gasteiger partial charge < -0.3 is 10.1 Å². The third-order valence-corrected chi connectivity index (χ3v) is 2.87. The Morgan fingerprint density at radius 1 is 1.06 bits per heavy atom. The summed E-state index contributed by atoms with van der Waals surface area (Å²) < 4.78 is 4.92. The first-order valence-corrected chi connectivity index (χ1v) is 7.12. The van der Waals surface area contributed by atoms with E-state index in [9.17, 15) is 4.79 Å². The van der Waals surface area contributed by atoms with Gasteiger partial charge in [-0.15, -0.1) is 0 Å². The smallest absolute Gasteiger partial charge is 0.322 e. The van der Waals surface area contributed by atoms with Crippen LogP contribution in [0.4, 0.5) is 0 Å². The number of hydrogen-bond donors (Lipinski definition) is 1. The maximum absolute atomic E-state index is 11.3. The Labute approximate surface area is 106 Å². The molecule has 0 saturated heterocycles. The van der Waals surface area contributed by atoms with E-state index in [1.807, 2.05) is 13.8 Å². The standard InChI is InChI=1S/C14H29NO2/c1-4-6-7-8-9-10-11-12-15-13(3)14(16)17-5-2/h13,15H,4-12H2,1-3H3. The van der Waals surface area contributed by atoms with E-state index in [1.165, 1.54) is 38.5 Å². The first-order chi connectivity index (χ1) is 8.22. The molecule has 0 radical (unpaired) electrons. The monoisotopic (exact) mass is 243 g/mol. The Bertz CT molecular complexity index is 183. The molecular weight excluding hydrogens is 214 g/mol. The van der Waals surface area contributed by atoms with Crippen LogP contribution in [-0.2, 0) is 9.53 Å². The lowest BCUT2D eigenvalue weighted by molar-refractivity contribution is -0.145. The van der Waals surface area contributed by atoms with Crippen molar-refractivity contribution >= 4 is 5.97 Å². The van der Waals surface area contributed by atoms with Gasteiger partial charge in [0.05, 0.1) is 6.61 Å². The van der Waals surface area contributed by atoms with Crippen molar-refractivity contribution in [3.8, 4) is 0 Å². The van der Waals surface area contributed by atoms with Gasteiger partial charge in [-0.3, -0.25) is 4.79 Å². The Morgan fingerprint density at radius 3 is 2.24 bits per heavy atom. The fourth-order valence-corrected chi connectivity index (χ4v) is 1.75. The van der Waals surface area contributed by atoms with Crippen LogP contribution < -0.4 is 5.32 Å². The minimum absolute atomic E-state index is 0.143. The van der Waals surface area contributed by atoms with E-state index in [0.29, 0.717) is 6.61 Å². The van der Waals surface area contributed by atoms with Crippen molar-refractivity contribution in [2.24, 2.45) is 0 Å². The molecule has 0 fully saturated rings. The number of nitrogens with one attached hydrogen (secondary N) is 1. The van der Waals surface area contributed by atoms with Crippen LogP contribution in [0, 0.1) is 0 Å². The highest BCUT2D eigenvalue weighted by Crippen LogP contribution is 2.06. The lowest BCUT2D eigenvalue weighted by atomic mass is 10.1. The SMILES string of the molecule is CCCCCCCCCNC(C)C(=O)OCC. The molecule has 0 aromatic rings. The van der Waals surface area contributed by atoms with Gasteiger partial charge >= 0.3 is 5.97 Å². The zero-order chi connectivity index (χ0) is 12.9. The Balaban J connectivity index is 3.24. The summed E-state index contributed by atoms with van der Waals surface area (Å²) in [5.74, 6) is -0.143. The van der Waals surface area contributed by atoms with Crippen LogP contribution >= 0.6 is 0 Å². The zero-order valence-corrected chi connectivity index (χ0v) is 11.8. The molecule has 1 unspecified atom stereocenters. The summed E-state index contributed by atoms with van der Waals surface area (Å²) in [5, 5.41) is 3.19. The molecule has 0 bridgehead atoms. The summed E-state index contributed by atoms with van der Waals surface area (Å²) >= 11 is 0. The molecule has 0 amide bonds. The summed E-state index contributed by atoms with van der Waals surface area (Å²) in [7, 11) is 0. The average molecular weight is 243 g/mol. The number of rotatable bonds is 11. The maximum Gasteiger partial charge on any atom is 0.322 e. The molecule has 0 aromatic carbocycles. The summed E-state index contributed by atoms with van der Waals surface area (Å²) in [6, 6.07) is -0.171. The summed E-state index contributed by atoms with van der Waals surface area (Å²) in [5.41, 5.74) is 0. The fraction of sp³-hybridized carbons (Fsp3) is 0.929. The van der Waals surface area contributed by atoms with Gasteiger partial charge in [0.25, 0.3) is 0 Å². The Hall–Kier alpha value is -0.570. The van der Waals surface area contributed by atoms with Crippen LogP contribution in [-0.4, -0.2) is 25.2 Å². The molecule has 102 valence electrons. The van der Waals surface area contributed by atoms with E-state index in [-0.39, 0.29) is 12.0 Å². The number of esters is 1. The number of carbonyl (C=O) groups is 1. The molecule has 0 aromatic heterocycles. The third-order valence-electron chi connectivity index (χ3n) is 2.87.